The molecule has 76 valence electrons. The fourth-order valence-electron chi connectivity index (χ4n) is 4.12. The van der Waals surface area contributed by atoms with Crippen LogP contribution in [0.4, 0.5) is 0 Å². The Labute approximate surface area is 81.5 Å². The smallest absolute Gasteiger partial charge is 0.0647 e. The normalized spacial score (nSPS) is 52.8. The molecular formula is C12H22O. The molecule has 0 aromatic heterocycles. The van der Waals surface area contributed by atoms with Crippen molar-refractivity contribution in [3.63, 3.8) is 0 Å². The Morgan fingerprint density at radius 3 is 2.23 bits per heavy atom. The van der Waals surface area contributed by atoms with E-state index in [1.54, 1.807) is 0 Å². The molecule has 1 heteroatoms. The molecule has 0 saturated heterocycles. The van der Waals surface area contributed by atoms with Crippen molar-refractivity contribution in [3.05, 3.63) is 0 Å². The summed E-state index contributed by atoms with van der Waals surface area (Å²) in [4.78, 5) is 0. The van der Waals surface area contributed by atoms with Crippen LogP contribution in [0.1, 0.15) is 47.0 Å². The molecule has 0 aromatic carbocycles. The fraction of sp³-hybridized carbons (Fsp3) is 1.00. The van der Waals surface area contributed by atoms with E-state index in [-0.39, 0.29) is 16.9 Å². The Kier molecular flexibility index (Phi) is 1.83. The van der Waals surface area contributed by atoms with E-state index >= 15 is 0 Å². The van der Waals surface area contributed by atoms with Crippen LogP contribution in [0.3, 0.4) is 0 Å². The van der Waals surface area contributed by atoms with Crippen molar-refractivity contribution in [1.29, 1.82) is 0 Å². The van der Waals surface area contributed by atoms with Crippen LogP contribution >= 0.6 is 0 Å². The molecule has 1 unspecified atom stereocenters. The molecule has 4 atom stereocenters. The summed E-state index contributed by atoms with van der Waals surface area (Å²) in [5, 5.41) is 10.2. The molecule has 0 spiro atoms. The van der Waals surface area contributed by atoms with Crippen LogP contribution in [0.5, 0.6) is 0 Å². The van der Waals surface area contributed by atoms with Gasteiger partial charge in [0.05, 0.1) is 6.10 Å². The molecule has 2 aliphatic rings. The van der Waals surface area contributed by atoms with Crippen LogP contribution in [0.15, 0.2) is 0 Å². The average molecular weight is 182 g/mol. The minimum Gasteiger partial charge on any atom is -0.392 e. The lowest BCUT2D eigenvalue weighted by Crippen LogP contribution is -2.43. The third kappa shape index (κ3) is 1.03. The van der Waals surface area contributed by atoms with Gasteiger partial charge in [0.25, 0.3) is 0 Å². The summed E-state index contributed by atoms with van der Waals surface area (Å²) in [7, 11) is 0. The molecule has 1 nitrogen and oxygen atoms in total. The highest BCUT2D eigenvalue weighted by atomic mass is 16.3. The van der Waals surface area contributed by atoms with Crippen molar-refractivity contribution in [2.24, 2.45) is 22.7 Å². The monoisotopic (exact) mass is 182 g/mol. The summed E-state index contributed by atoms with van der Waals surface area (Å²) in [6.45, 7) is 9.05. The molecule has 2 rings (SSSR count). The van der Waals surface area contributed by atoms with Gasteiger partial charge in [0.1, 0.15) is 0 Å². The average Bonchev–Trinajstić information content (AvgIpc) is 2.49. The second-order valence-corrected chi connectivity index (χ2v) is 6.06. The first-order chi connectivity index (χ1) is 5.92. The molecule has 0 aromatic rings. The minimum atomic E-state index is -0.0761. The molecule has 0 aliphatic heterocycles. The first-order valence-electron chi connectivity index (χ1n) is 5.60. The van der Waals surface area contributed by atoms with E-state index in [0.29, 0.717) is 0 Å². The summed E-state index contributed by atoms with van der Waals surface area (Å²) < 4.78 is 0. The highest BCUT2D eigenvalue weighted by molar-refractivity contribution is 5.11. The SMILES string of the molecule is CCC1C[C@]2(C)C[C@@H]1C(C)(C)[C@H]2O. The van der Waals surface area contributed by atoms with E-state index in [1.807, 2.05) is 0 Å². The zero-order valence-electron chi connectivity index (χ0n) is 9.30. The summed E-state index contributed by atoms with van der Waals surface area (Å²) in [5.74, 6) is 1.63. The summed E-state index contributed by atoms with van der Waals surface area (Å²) in [6.07, 6.45) is 3.71. The van der Waals surface area contributed by atoms with Crippen molar-refractivity contribution in [2.75, 3.05) is 0 Å². The standard InChI is InChI=1S/C12H22O/c1-5-8-6-12(4)7-9(8)11(2,3)10(12)13/h8-10,13H,5-7H2,1-4H3/t8?,9-,10+,12+/m0/s1. The largest absolute Gasteiger partial charge is 0.392 e. The topological polar surface area (TPSA) is 20.2 Å². The third-order valence-corrected chi connectivity index (χ3v) is 4.83. The molecular weight excluding hydrogens is 160 g/mol. The lowest BCUT2D eigenvalue weighted by Gasteiger charge is -2.42. The maximum Gasteiger partial charge on any atom is 0.0647 e. The summed E-state index contributed by atoms with van der Waals surface area (Å²) >= 11 is 0. The van der Waals surface area contributed by atoms with Gasteiger partial charge in [-0.25, -0.2) is 0 Å². The van der Waals surface area contributed by atoms with Crippen molar-refractivity contribution in [1.82, 2.24) is 0 Å². The van der Waals surface area contributed by atoms with Gasteiger partial charge >= 0.3 is 0 Å². The maximum atomic E-state index is 10.2. The molecule has 2 fully saturated rings. The number of hydrogen-bond donors (Lipinski definition) is 1. The number of fused-ring (bicyclic) bond motifs is 2. The van der Waals surface area contributed by atoms with Gasteiger partial charge in [0.2, 0.25) is 0 Å². The number of hydrogen-bond acceptors (Lipinski definition) is 1. The van der Waals surface area contributed by atoms with E-state index in [9.17, 15) is 5.11 Å². The Bertz CT molecular complexity index is 216. The molecule has 2 bridgehead atoms. The van der Waals surface area contributed by atoms with E-state index in [2.05, 4.69) is 27.7 Å². The Balaban J connectivity index is 2.31. The first kappa shape index (κ1) is 9.51. The highest BCUT2D eigenvalue weighted by Crippen LogP contribution is 2.65. The van der Waals surface area contributed by atoms with E-state index in [1.165, 1.54) is 19.3 Å². The van der Waals surface area contributed by atoms with Gasteiger partial charge in [0, 0.05) is 0 Å². The lowest BCUT2D eigenvalue weighted by atomic mass is 9.65. The van der Waals surface area contributed by atoms with Crippen LogP contribution in [0.25, 0.3) is 0 Å². The van der Waals surface area contributed by atoms with Crippen molar-refractivity contribution in [2.45, 2.75) is 53.1 Å². The Morgan fingerprint density at radius 1 is 1.23 bits per heavy atom. The van der Waals surface area contributed by atoms with Gasteiger partial charge in [-0.1, -0.05) is 34.1 Å². The molecule has 0 heterocycles. The van der Waals surface area contributed by atoms with Crippen LogP contribution < -0.4 is 0 Å². The fourth-order valence-corrected chi connectivity index (χ4v) is 4.12. The molecule has 1 N–H and O–H groups in total. The molecule has 13 heavy (non-hydrogen) atoms. The van der Waals surface area contributed by atoms with Gasteiger partial charge in [-0.05, 0) is 35.5 Å². The molecule has 0 amide bonds. The van der Waals surface area contributed by atoms with Crippen LogP contribution in [0, 0.1) is 22.7 Å². The zero-order chi connectivity index (χ0) is 9.85. The van der Waals surface area contributed by atoms with E-state index < -0.39 is 0 Å². The lowest BCUT2D eigenvalue weighted by molar-refractivity contribution is -0.0536. The zero-order valence-corrected chi connectivity index (χ0v) is 9.30. The molecule has 2 aliphatic carbocycles. The number of rotatable bonds is 1. The summed E-state index contributed by atoms with van der Waals surface area (Å²) in [5.41, 5.74) is 0.391. The number of aliphatic hydroxyl groups is 1. The third-order valence-electron chi connectivity index (χ3n) is 4.83. The van der Waals surface area contributed by atoms with Gasteiger partial charge in [-0.15, -0.1) is 0 Å². The predicted molar refractivity (Wildman–Crippen MR) is 54.4 cm³/mol. The van der Waals surface area contributed by atoms with E-state index in [0.717, 1.165) is 11.8 Å². The quantitative estimate of drug-likeness (QED) is 0.661. The second kappa shape index (κ2) is 2.50. The molecule has 2 saturated carbocycles. The first-order valence-corrected chi connectivity index (χ1v) is 5.60. The van der Waals surface area contributed by atoms with Gasteiger partial charge in [-0.3, -0.25) is 0 Å². The van der Waals surface area contributed by atoms with Crippen LogP contribution in [-0.2, 0) is 0 Å². The van der Waals surface area contributed by atoms with Crippen LogP contribution in [-0.4, -0.2) is 11.2 Å². The van der Waals surface area contributed by atoms with Gasteiger partial charge in [-0.2, -0.15) is 0 Å². The number of aliphatic hydroxyl groups excluding tert-OH is 1. The van der Waals surface area contributed by atoms with E-state index in [4.69, 9.17) is 0 Å². The van der Waals surface area contributed by atoms with Gasteiger partial charge in [0.15, 0.2) is 0 Å². The van der Waals surface area contributed by atoms with Crippen molar-refractivity contribution >= 4 is 0 Å². The Morgan fingerprint density at radius 2 is 1.85 bits per heavy atom. The molecule has 0 radical (unpaired) electrons. The van der Waals surface area contributed by atoms with Crippen molar-refractivity contribution < 1.29 is 5.11 Å². The van der Waals surface area contributed by atoms with Crippen molar-refractivity contribution in [3.8, 4) is 0 Å². The second-order valence-electron chi connectivity index (χ2n) is 6.06. The van der Waals surface area contributed by atoms with Crippen LogP contribution in [0.2, 0.25) is 0 Å². The predicted octanol–water partition coefficient (Wildman–Crippen LogP) is 2.83. The maximum absolute atomic E-state index is 10.2. The minimum absolute atomic E-state index is 0.0761. The highest BCUT2D eigenvalue weighted by Gasteiger charge is 2.62. The Hall–Kier alpha value is -0.0400. The summed E-state index contributed by atoms with van der Waals surface area (Å²) in [6, 6.07) is 0. The van der Waals surface area contributed by atoms with Gasteiger partial charge < -0.3 is 5.11 Å².